The molecule has 1 aromatic rings. The van der Waals surface area contributed by atoms with Gasteiger partial charge in [-0.2, -0.15) is 0 Å². The molecule has 0 amide bonds. The third-order valence-electron chi connectivity index (χ3n) is 2.89. The molecule has 0 radical (unpaired) electrons. The van der Waals surface area contributed by atoms with E-state index < -0.39 is 11.0 Å². The van der Waals surface area contributed by atoms with E-state index in [1.54, 1.807) is 33.0 Å². The second-order valence-electron chi connectivity index (χ2n) is 4.46. The Balaban J connectivity index is 2.63. The minimum absolute atomic E-state index is 0.0767. The SMILES string of the molecule is CCOC(=O)C(CCOc1ccc(C)cc1[N+](=O)[O-])NC. The Kier molecular flexibility index (Phi) is 6.61. The first kappa shape index (κ1) is 16.9. The van der Waals surface area contributed by atoms with Gasteiger partial charge in [0.1, 0.15) is 6.04 Å². The standard InChI is InChI=1S/C14H20N2O5/c1-4-20-14(17)11(15-3)7-8-21-13-6-5-10(2)9-12(13)16(18)19/h5-6,9,11,15H,4,7-8H2,1-3H3. The van der Waals surface area contributed by atoms with Gasteiger partial charge in [0, 0.05) is 12.5 Å². The van der Waals surface area contributed by atoms with Crippen LogP contribution in [0.25, 0.3) is 0 Å². The van der Waals surface area contributed by atoms with Crippen molar-refractivity contribution in [1.29, 1.82) is 0 Å². The maximum absolute atomic E-state index is 11.6. The molecule has 0 aliphatic carbocycles. The Morgan fingerprint density at radius 2 is 2.19 bits per heavy atom. The van der Waals surface area contributed by atoms with Gasteiger partial charge in [-0.25, -0.2) is 0 Å². The highest BCUT2D eigenvalue weighted by Crippen LogP contribution is 2.27. The predicted molar refractivity (Wildman–Crippen MR) is 77.4 cm³/mol. The summed E-state index contributed by atoms with van der Waals surface area (Å²) in [5.74, 6) is -0.161. The molecule has 0 bridgehead atoms. The topological polar surface area (TPSA) is 90.7 Å². The van der Waals surface area contributed by atoms with Crippen LogP contribution in [0.1, 0.15) is 18.9 Å². The monoisotopic (exact) mass is 296 g/mol. The summed E-state index contributed by atoms with van der Waals surface area (Å²) in [4.78, 5) is 22.1. The van der Waals surface area contributed by atoms with Gasteiger partial charge < -0.3 is 14.8 Å². The molecule has 0 fully saturated rings. The number of rotatable bonds is 8. The summed E-state index contributed by atoms with van der Waals surface area (Å²) in [6, 6.07) is 4.26. The number of aryl methyl sites for hydroxylation is 1. The van der Waals surface area contributed by atoms with E-state index >= 15 is 0 Å². The number of nitro benzene ring substituents is 1. The zero-order valence-electron chi connectivity index (χ0n) is 12.4. The molecule has 0 aliphatic rings. The van der Waals surface area contributed by atoms with Gasteiger partial charge >= 0.3 is 11.7 Å². The zero-order chi connectivity index (χ0) is 15.8. The van der Waals surface area contributed by atoms with Gasteiger partial charge in [0.2, 0.25) is 0 Å². The van der Waals surface area contributed by atoms with Crippen molar-refractivity contribution in [2.75, 3.05) is 20.3 Å². The average Bonchev–Trinajstić information content (AvgIpc) is 2.44. The van der Waals surface area contributed by atoms with Crippen LogP contribution in [0.2, 0.25) is 0 Å². The molecule has 7 nitrogen and oxygen atoms in total. The van der Waals surface area contributed by atoms with Crippen molar-refractivity contribution < 1.29 is 19.2 Å². The molecule has 7 heteroatoms. The minimum atomic E-state index is -0.491. The molecule has 1 unspecified atom stereocenters. The molecule has 0 aliphatic heterocycles. The van der Waals surface area contributed by atoms with Gasteiger partial charge in [-0.15, -0.1) is 0 Å². The van der Waals surface area contributed by atoms with E-state index in [0.717, 1.165) is 5.56 Å². The third-order valence-corrected chi connectivity index (χ3v) is 2.89. The Morgan fingerprint density at radius 1 is 1.48 bits per heavy atom. The highest BCUT2D eigenvalue weighted by molar-refractivity contribution is 5.75. The Morgan fingerprint density at radius 3 is 2.76 bits per heavy atom. The lowest BCUT2D eigenvalue weighted by Gasteiger charge is -2.15. The van der Waals surface area contributed by atoms with E-state index in [0.29, 0.717) is 13.0 Å². The van der Waals surface area contributed by atoms with Gasteiger partial charge in [0.05, 0.1) is 18.1 Å². The second kappa shape index (κ2) is 8.21. The zero-order valence-corrected chi connectivity index (χ0v) is 12.4. The molecule has 1 atom stereocenters. The van der Waals surface area contributed by atoms with E-state index in [4.69, 9.17) is 9.47 Å². The maximum atomic E-state index is 11.6. The first-order valence-electron chi connectivity index (χ1n) is 6.71. The molecular formula is C14H20N2O5. The van der Waals surface area contributed by atoms with Crippen molar-refractivity contribution in [1.82, 2.24) is 5.32 Å². The fourth-order valence-electron chi connectivity index (χ4n) is 1.80. The fourth-order valence-corrected chi connectivity index (χ4v) is 1.80. The number of carbonyl (C=O) groups is 1. The van der Waals surface area contributed by atoms with Crippen molar-refractivity contribution in [3.05, 3.63) is 33.9 Å². The van der Waals surface area contributed by atoms with Gasteiger partial charge in [-0.05, 0) is 32.5 Å². The molecule has 0 spiro atoms. The van der Waals surface area contributed by atoms with Crippen molar-refractivity contribution in [3.8, 4) is 5.75 Å². The first-order chi connectivity index (χ1) is 9.99. The molecule has 21 heavy (non-hydrogen) atoms. The lowest BCUT2D eigenvalue weighted by molar-refractivity contribution is -0.385. The minimum Gasteiger partial charge on any atom is -0.487 e. The number of likely N-dealkylation sites (N-methyl/N-ethyl adjacent to an activating group) is 1. The number of esters is 1. The maximum Gasteiger partial charge on any atom is 0.323 e. The summed E-state index contributed by atoms with van der Waals surface area (Å²) in [6.45, 7) is 3.99. The van der Waals surface area contributed by atoms with Crippen molar-refractivity contribution in [2.24, 2.45) is 0 Å². The third kappa shape index (κ3) is 5.03. The van der Waals surface area contributed by atoms with E-state index in [1.807, 2.05) is 0 Å². The Hall–Kier alpha value is -2.15. The van der Waals surface area contributed by atoms with Crippen molar-refractivity contribution in [2.45, 2.75) is 26.3 Å². The van der Waals surface area contributed by atoms with Gasteiger partial charge in [-0.1, -0.05) is 6.07 Å². The van der Waals surface area contributed by atoms with Crippen LogP contribution in [-0.4, -0.2) is 37.2 Å². The molecule has 1 N–H and O–H groups in total. The van der Waals surface area contributed by atoms with Crippen LogP contribution < -0.4 is 10.1 Å². The van der Waals surface area contributed by atoms with Crippen LogP contribution in [0.3, 0.4) is 0 Å². The van der Waals surface area contributed by atoms with Crippen LogP contribution in [0.4, 0.5) is 5.69 Å². The molecule has 1 rings (SSSR count). The van der Waals surface area contributed by atoms with Gasteiger partial charge in [-0.3, -0.25) is 14.9 Å². The van der Waals surface area contributed by atoms with Crippen LogP contribution >= 0.6 is 0 Å². The summed E-state index contributed by atoms with van der Waals surface area (Å²) in [6.07, 6.45) is 0.361. The Labute approximate surface area is 123 Å². The summed E-state index contributed by atoms with van der Waals surface area (Å²) < 4.78 is 10.3. The number of hydrogen-bond acceptors (Lipinski definition) is 6. The summed E-state index contributed by atoms with van der Waals surface area (Å²) in [7, 11) is 1.65. The quantitative estimate of drug-likeness (QED) is 0.447. The van der Waals surface area contributed by atoms with Crippen molar-refractivity contribution >= 4 is 11.7 Å². The molecule has 0 saturated carbocycles. The number of benzene rings is 1. The van der Waals surface area contributed by atoms with Crippen molar-refractivity contribution in [3.63, 3.8) is 0 Å². The molecule has 0 heterocycles. The molecular weight excluding hydrogens is 276 g/mol. The normalized spacial score (nSPS) is 11.8. The smallest absolute Gasteiger partial charge is 0.323 e. The summed E-state index contributed by atoms with van der Waals surface area (Å²) >= 11 is 0. The molecule has 0 saturated heterocycles. The lowest BCUT2D eigenvalue weighted by atomic mass is 10.2. The highest BCUT2D eigenvalue weighted by atomic mass is 16.6. The number of ether oxygens (including phenoxy) is 2. The van der Waals surface area contributed by atoms with Crippen LogP contribution in [0.15, 0.2) is 18.2 Å². The Bertz CT molecular complexity index is 504. The number of nitrogens with zero attached hydrogens (tertiary/aromatic N) is 1. The highest BCUT2D eigenvalue weighted by Gasteiger charge is 2.19. The summed E-state index contributed by atoms with van der Waals surface area (Å²) in [5, 5.41) is 13.8. The van der Waals surface area contributed by atoms with Crippen LogP contribution in [0, 0.1) is 17.0 Å². The number of nitrogens with one attached hydrogen (secondary N) is 1. The number of hydrogen-bond donors (Lipinski definition) is 1. The number of nitro groups is 1. The number of carbonyl (C=O) groups excluding carboxylic acids is 1. The predicted octanol–water partition coefficient (Wildman–Crippen LogP) is 1.82. The van der Waals surface area contributed by atoms with Crippen LogP contribution in [0.5, 0.6) is 5.75 Å². The largest absolute Gasteiger partial charge is 0.487 e. The van der Waals surface area contributed by atoms with E-state index in [9.17, 15) is 14.9 Å². The summed E-state index contributed by atoms with van der Waals surface area (Å²) in [5.41, 5.74) is 0.709. The second-order valence-corrected chi connectivity index (χ2v) is 4.46. The van der Waals surface area contributed by atoms with Gasteiger partial charge in [0.15, 0.2) is 5.75 Å². The molecule has 0 aromatic heterocycles. The van der Waals surface area contributed by atoms with Gasteiger partial charge in [0.25, 0.3) is 0 Å². The average molecular weight is 296 g/mol. The van der Waals surface area contributed by atoms with E-state index in [1.165, 1.54) is 6.07 Å². The molecule has 1 aromatic carbocycles. The van der Waals surface area contributed by atoms with E-state index in [2.05, 4.69) is 5.32 Å². The fraction of sp³-hybridized carbons (Fsp3) is 0.500. The lowest BCUT2D eigenvalue weighted by Crippen LogP contribution is -2.36. The first-order valence-corrected chi connectivity index (χ1v) is 6.71. The van der Waals surface area contributed by atoms with E-state index in [-0.39, 0.29) is 24.0 Å². The van der Waals surface area contributed by atoms with Crippen LogP contribution in [-0.2, 0) is 9.53 Å². The molecule has 116 valence electrons.